The summed E-state index contributed by atoms with van der Waals surface area (Å²) in [6.07, 6.45) is 6.49. The van der Waals surface area contributed by atoms with Gasteiger partial charge in [0.1, 0.15) is 0 Å². The van der Waals surface area contributed by atoms with Crippen LogP contribution in [0.3, 0.4) is 0 Å². The number of anilines is 1. The minimum atomic E-state index is -3.56. The van der Waals surface area contributed by atoms with E-state index >= 15 is 0 Å². The van der Waals surface area contributed by atoms with Crippen LogP contribution in [0.1, 0.15) is 69.4 Å². The van der Waals surface area contributed by atoms with E-state index in [0.29, 0.717) is 4.90 Å². The number of aliphatic hydroxyl groups is 1. The second-order valence-electron chi connectivity index (χ2n) is 9.64. The highest BCUT2D eigenvalue weighted by atomic mass is 32.2. The Hall–Kier alpha value is -1.50. The Morgan fingerprint density at radius 3 is 2.15 bits per heavy atom. The summed E-state index contributed by atoms with van der Waals surface area (Å²) in [5.74, 6) is -0.378. The zero-order valence-electron chi connectivity index (χ0n) is 20.7. The molecule has 2 atom stereocenters. The molecular formula is C27H39NO3S2. The van der Waals surface area contributed by atoms with Gasteiger partial charge in [-0.2, -0.15) is 0 Å². The Kier molecular flexibility index (Phi) is 8.57. The highest BCUT2D eigenvalue weighted by Gasteiger charge is 2.49. The maximum Gasteiger partial charge on any atom is 0.179 e. The fraction of sp³-hybridized carbons (Fsp3) is 0.556. The van der Waals surface area contributed by atoms with Crippen LogP contribution in [0.15, 0.2) is 52.3 Å². The molecule has 0 aromatic heterocycles. The molecule has 3 rings (SSSR count). The van der Waals surface area contributed by atoms with E-state index < -0.39 is 21.4 Å². The van der Waals surface area contributed by atoms with Crippen molar-refractivity contribution in [3.8, 4) is 0 Å². The molecule has 0 unspecified atom stereocenters. The number of sulfone groups is 1. The van der Waals surface area contributed by atoms with Gasteiger partial charge in [-0.1, -0.05) is 51.7 Å². The third-order valence-electron chi connectivity index (χ3n) is 7.13. The standard InChI is InChI=1S/C27H39NO3S2/c1-6-8-16-27(17-9-7-2)19-33(30,31)24-15-12-21(28(3)4)18-23(24)25(26(27)29)20-10-13-22(32-5)14-11-20/h10-15,18,25-26,29H,6-9,16-17,19H2,1-5H3/t25-,26-/m1/s1. The number of hydrogen-bond acceptors (Lipinski definition) is 5. The summed E-state index contributed by atoms with van der Waals surface area (Å²) in [5.41, 5.74) is 1.98. The van der Waals surface area contributed by atoms with Crippen LogP contribution < -0.4 is 4.90 Å². The number of thioether (sulfide) groups is 1. The van der Waals surface area contributed by atoms with Gasteiger partial charge in [0.2, 0.25) is 0 Å². The van der Waals surface area contributed by atoms with Gasteiger partial charge < -0.3 is 10.0 Å². The first-order valence-electron chi connectivity index (χ1n) is 12.0. The summed E-state index contributed by atoms with van der Waals surface area (Å²) in [4.78, 5) is 3.51. The van der Waals surface area contributed by atoms with E-state index in [1.54, 1.807) is 17.8 Å². The predicted molar refractivity (Wildman–Crippen MR) is 140 cm³/mol. The highest BCUT2D eigenvalue weighted by Crippen LogP contribution is 2.50. The molecule has 1 N–H and O–H groups in total. The summed E-state index contributed by atoms with van der Waals surface area (Å²) < 4.78 is 27.6. The number of hydrogen-bond donors (Lipinski definition) is 1. The molecule has 2 aromatic carbocycles. The summed E-state index contributed by atoms with van der Waals surface area (Å²) in [5, 5.41) is 12.1. The SMILES string of the molecule is CCCCC1(CCCC)CS(=O)(=O)c2ccc(N(C)C)cc2[C@@H](c2ccc(SC)cc2)[C@H]1O. The van der Waals surface area contributed by atoms with Crippen molar-refractivity contribution < 1.29 is 13.5 Å². The van der Waals surface area contributed by atoms with Crippen molar-refractivity contribution in [2.24, 2.45) is 5.41 Å². The second kappa shape index (κ2) is 10.8. The molecule has 0 fully saturated rings. The largest absolute Gasteiger partial charge is 0.392 e. The lowest BCUT2D eigenvalue weighted by Gasteiger charge is -2.40. The fourth-order valence-corrected chi connectivity index (χ4v) is 7.80. The second-order valence-corrected chi connectivity index (χ2v) is 12.5. The minimum absolute atomic E-state index is 0.00880. The van der Waals surface area contributed by atoms with Crippen LogP contribution in [0.25, 0.3) is 0 Å². The topological polar surface area (TPSA) is 57.6 Å². The van der Waals surface area contributed by atoms with Gasteiger partial charge in [0.25, 0.3) is 0 Å². The number of rotatable bonds is 9. The number of unbranched alkanes of at least 4 members (excludes halogenated alkanes) is 2. The monoisotopic (exact) mass is 489 g/mol. The van der Waals surface area contributed by atoms with Gasteiger partial charge in [0.15, 0.2) is 9.84 Å². The summed E-state index contributed by atoms with van der Waals surface area (Å²) >= 11 is 1.68. The predicted octanol–water partition coefficient (Wildman–Crippen LogP) is 6.12. The average Bonchev–Trinajstić information content (AvgIpc) is 2.87. The van der Waals surface area contributed by atoms with Crippen molar-refractivity contribution in [1.29, 1.82) is 0 Å². The molecule has 2 aromatic rings. The quantitative estimate of drug-likeness (QED) is 0.430. The highest BCUT2D eigenvalue weighted by molar-refractivity contribution is 7.98. The van der Waals surface area contributed by atoms with Crippen molar-refractivity contribution in [3.63, 3.8) is 0 Å². The van der Waals surface area contributed by atoms with Crippen molar-refractivity contribution in [3.05, 3.63) is 53.6 Å². The third-order valence-corrected chi connectivity index (χ3v) is 9.87. The van der Waals surface area contributed by atoms with E-state index in [-0.39, 0.29) is 11.7 Å². The third kappa shape index (κ3) is 5.44. The first kappa shape index (κ1) is 26.1. The van der Waals surface area contributed by atoms with E-state index in [4.69, 9.17) is 0 Å². The molecule has 0 saturated heterocycles. The number of fused-ring (bicyclic) bond motifs is 1. The molecule has 182 valence electrons. The van der Waals surface area contributed by atoms with Gasteiger partial charge in [-0.25, -0.2) is 8.42 Å². The Balaban J connectivity index is 2.29. The van der Waals surface area contributed by atoms with Crippen LogP contribution in [0, 0.1) is 5.41 Å². The Bertz CT molecular complexity index is 1020. The van der Waals surface area contributed by atoms with Gasteiger partial charge in [-0.05, 0) is 60.6 Å². The van der Waals surface area contributed by atoms with Crippen molar-refractivity contribution >= 4 is 27.3 Å². The smallest absolute Gasteiger partial charge is 0.179 e. The lowest BCUT2D eigenvalue weighted by molar-refractivity contribution is 0.0127. The van der Waals surface area contributed by atoms with E-state index in [1.807, 2.05) is 37.4 Å². The van der Waals surface area contributed by atoms with Gasteiger partial charge in [-0.3, -0.25) is 0 Å². The first-order valence-corrected chi connectivity index (χ1v) is 14.9. The molecule has 0 bridgehead atoms. The Morgan fingerprint density at radius 1 is 1.03 bits per heavy atom. The van der Waals surface area contributed by atoms with Crippen LogP contribution in [-0.2, 0) is 9.84 Å². The molecule has 4 nitrogen and oxygen atoms in total. The van der Waals surface area contributed by atoms with E-state index in [0.717, 1.165) is 60.2 Å². The van der Waals surface area contributed by atoms with E-state index in [2.05, 4.69) is 38.1 Å². The van der Waals surface area contributed by atoms with Crippen LogP contribution in [0.2, 0.25) is 0 Å². The normalized spacial score (nSPS) is 21.3. The van der Waals surface area contributed by atoms with Crippen molar-refractivity contribution in [1.82, 2.24) is 0 Å². The molecule has 6 heteroatoms. The maximum atomic E-state index is 13.8. The summed E-state index contributed by atoms with van der Waals surface area (Å²) in [6, 6.07) is 13.9. The molecular weight excluding hydrogens is 450 g/mol. The van der Waals surface area contributed by atoms with Crippen LogP contribution in [-0.4, -0.2) is 45.7 Å². The van der Waals surface area contributed by atoms with Crippen LogP contribution in [0.4, 0.5) is 5.69 Å². The van der Waals surface area contributed by atoms with Gasteiger partial charge in [0.05, 0.1) is 16.8 Å². The van der Waals surface area contributed by atoms with E-state index in [9.17, 15) is 13.5 Å². The zero-order chi connectivity index (χ0) is 24.2. The van der Waals surface area contributed by atoms with Crippen LogP contribution in [0.5, 0.6) is 0 Å². The Labute approximate surface area is 204 Å². The molecule has 1 aliphatic rings. The molecule has 0 spiro atoms. The van der Waals surface area contributed by atoms with Crippen LogP contribution >= 0.6 is 11.8 Å². The lowest BCUT2D eigenvalue weighted by Crippen LogP contribution is -2.43. The first-order chi connectivity index (χ1) is 15.7. The minimum Gasteiger partial charge on any atom is -0.392 e. The molecule has 0 saturated carbocycles. The summed E-state index contributed by atoms with van der Waals surface area (Å²) in [6.45, 7) is 4.25. The van der Waals surface area contributed by atoms with Gasteiger partial charge in [-0.15, -0.1) is 11.8 Å². The number of aliphatic hydroxyl groups excluding tert-OH is 1. The van der Waals surface area contributed by atoms with Gasteiger partial charge >= 0.3 is 0 Å². The molecule has 0 aliphatic carbocycles. The molecule has 1 heterocycles. The molecule has 33 heavy (non-hydrogen) atoms. The maximum absolute atomic E-state index is 13.8. The summed E-state index contributed by atoms with van der Waals surface area (Å²) in [7, 11) is 0.355. The Morgan fingerprint density at radius 2 is 1.64 bits per heavy atom. The van der Waals surface area contributed by atoms with Crippen molar-refractivity contribution in [2.45, 2.75) is 74.2 Å². The molecule has 0 amide bonds. The fourth-order valence-electron chi connectivity index (χ4n) is 5.20. The zero-order valence-corrected chi connectivity index (χ0v) is 22.3. The van der Waals surface area contributed by atoms with E-state index in [1.165, 1.54) is 0 Å². The molecule has 1 aliphatic heterocycles. The number of benzene rings is 2. The molecule has 0 radical (unpaired) electrons. The van der Waals surface area contributed by atoms with Gasteiger partial charge in [0, 0.05) is 36.0 Å². The number of nitrogens with zero attached hydrogens (tertiary/aromatic N) is 1. The lowest BCUT2D eigenvalue weighted by atomic mass is 9.68. The van der Waals surface area contributed by atoms with Crippen molar-refractivity contribution in [2.75, 3.05) is 31.0 Å². The average molecular weight is 490 g/mol.